The fraction of sp³-hybridized carbons (Fsp3) is 0.625. The highest BCUT2D eigenvalue weighted by molar-refractivity contribution is 8.03. The number of carboxylic acids is 1. The predicted octanol–water partition coefficient (Wildman–Crippen LogP) is 0.744. The van der Waals surface area contributed by atoms with E-state index in [9.17, 15) is 19.8 Å². The molecule has 25 heavy (non-hydrogen) atoms. The zero-order valence-corrected chi connectivity index (χ0v) is 14.8. The first kappa shape index (κ1) is 19.3. The van der Waals surface area contributed by atoms with Gasteiger partial charge in [0.2, 0.25) is 5.91 Å². The van der Waals surface area contributed by atoms with Crippen LogP contribution in [0.5, 0.6) is 0 Å². The van der Waals surface area contributed by atoms with Crippen molar-refractivity contribution in [1.29, 1.82) is 10.7 Å². The monoisotopic (exact) mass is 366 g/mol. The average molecular weight is 366 g/mol. The van der Waals surface area contributed by atoms with Gasteiger partial charge in [-0.1, -0.05) is 0 Å². The van der Waals surface area contributed by atoms with Crippen LogP contribution in [0.4, 0.5) is 0 Å². The maximum absolute atomic E-state index is 12.4. The molecule has 0 aromatic rings. The number of aliphatic carboxylic acids is 1. The summed E-state index contributed by atoms with van der Waals surface area (Å²) in [5.74, 6) is -1.80. The third kappa shape index (κ3) is 3.65. The third-order valence-electron chi connectivity index (χ3n) is 4.54. The van der Waals surface area contributed by atoms with Crippen molar-refractivity contribution >= 4 is 30.0 Å². The van der Waals surface area contributed by atoms with Crippen LogP contribution in [0, 0.1) is 28.6 Å². The van der Waals surface area contributed by atoms with Crippen LogP contribution < -0.4 is 5.32 Å². The molecule has 136 valence electrons. The van der Waals surface area contributed by atoms with Crippen molar-refractivity contribution in [2.24, 2.45) is 11.8 Å². The van der Waals surface area contributed by atoms with Crippen molar-refractivity contribution in [3.8, 4) is 6.07 Å². The molecule has 0 unspecified atom stereocenters. The van der Waals surface area contributed by atoms with E-state index < -0.39 is 18.0 Å². The number of nitriles is 1. The summed E-state index contributed by atoms with van der Waals surface area (Å²) in [6, 6.07) is 1.69. The van der Waals surface area contributed by atoms with Crippen LogP contribution in [-0.4, -0.2) is 57.8 Å². The number of carboxylic acid groups (broad SMARTS) is 1. The molecule has 8 nitrogen and oxygen atoms in total. The molecule has 2 rings (SSSR count). The van der Waals surface area contributed by atoms with Gasteiger partial charge in [0.1, 0.15) is 5.70 Å². The van der Waals surface area contributed by atoms with E-state index in [2.05, 4.69) is 5.32 Å². The Hall–Kier alpha value is -2.05. The number of nitrogens with one attached hydrogen (secondary N) is 2. The van der Waals surface area contributed by atoms with Crippen LogP contribution in [0.2, 0.25) is 0 Å². The third-order valence-corrected chi connectivity index (χ3v) is 5.76. The summed E-state index contributed by atoms with van der Waals surface area (Å²) >= 11 is 1.32. The van der Waals surface area contributed by atoms with Gasteiger partial charge >= 0.3 is 5.97 Å². The lowest BCUT2D eigenvalue weighted by Gasteiger charge is -2.47. The average Bonchev–Trinajstić information content (AvgIpc) is 2.82. The summed E-state index contributed by atoms with van der Waals surface area (Å²) < 4.78 is 0. The van der Waals surface area contributed by atoms with E-state index in [0.717, 1.165) is 6.34 Å². The Morgan fingerprint density at radius 1 is 1.60 bits per heavy atom. The van der Waals surface area contributed by atoms with Gasteiger partial charge in [0.15, 0.2) is 0 Å². The second kappa shape index (κ2) is 8.36. The molecule has 0 spiro atoms. The Kier molecular flexibility index (Phi) is 6.45. The zero-order chi connectivity index (χ0) is 18.6. The van der Waals surface area contributed by atoms with E-state index in [1.165, 1.54) is 16.7 Å². The van der Waals surface area contributed by atoms with Crippen LogP contribution in [-0.2, 0) is 9.59 Å². The number of fused-ring (bicyclic) bond motifs is 1. The number of hydrogen-bond acceptors (Lipinski definition) is 6. The molecule has 1 saturated heterocycles. The number of carbonyl (C=O) groups excluding carboxylic acids is 1. The Morgan fingerprint density at radius 3 is 2.88 bits per heavy atom. The fourth-order valence-electron chi connectivity index (χ4n) is 3.55. The number of hydrogen-bond donors (Lipinski definition) is 4. The summed E-state index contributed by atoms with van der Waals surface area (Å²) in [5.41, 5.74) is -0.000136. The van der Waals surface area contributed by atoms with E-state index in [-0.39, 0.29) is 23.6 Å². The highest BCUT2D eigenvalue weighted by Gasteiger charge is 2.60. The van der Waals surface area contributed by atoms with Gasteiger partial charge in [-0.2, -0.15) is 5.26 Å². The first-order chi connectivity index (χ1) is 12.0. The minimum absolute atomic E-state index is 0.000136. The highest BCUT2D eigenvalue weighted by Crippen LogP contribution is 2.52. The van der Waals surface area contributed by atoms with Crippen molar-refractivity contribution in [2.75, 3.05) is 12.3 Å². The van der Waals surface area contributed by atoms with Crippen LogP contribution >= 0.6 is 11.8 Å². The van der Waals surface area contributed by atoms with Crippen LogP contribution in [0.15, 0.2) is 10.6 Å². The SMILES string of the molecule is C[C@@H](O)[C@H]1C(=O)N2C(C(=O)O)=C(SCCC#N)[C@H](CCCNC=N)[C@H]12. The van der Waals surface area contributed by atoms with Crippen LogP contribution in [0.25, 0.3) is 0 Å². The van der Waals surface area contributed by atoms with Crippen molar-refractivity contribution in [2.45, 2.75) is 38.3 Å². The summed E-state index contributed by atoms with van der Waals surface area (Å²) in [6.45, 7) is 2.13. The summed E-state index contributed by atoms with van der Waals surface area (Å²) in [7, 11) is 0. The molecular formula is C16H22N4O4S. The van der Waals surface area contributed by atoms with Crippen LogP contribution in [0.1, 0.15) is 26.2 Å². The number of thioether (sulfide) groups is 1. The Morgan fingerprint density at radius 2 is 2.32 bits per heavy atom. The summed E-state index contributed by atoms with van der Waals surface area (Å²) in [6.07, 6.45) is 1.91. The number of β-lactam (4-membered cyclic amide) rings is 1. The molecule has 2 heterocycles. The molecule has 0 aromatic carbocycles. The quantitative estimate of drug-likeness (QED) is 0.194. The number of carbonyl (C=O) groups is 2. The molecule has 2 aliphatic rings. The second-order valence-corrected chi connectivity index (χ2v) is 7.22. The van der Waals surface area contributed by atoms with Crippen molar-refractivity contribution in [3.05, 3.63) is 10.6 Å². The molecule has 0 bridgehead atoms. The molecule has 9 heteroatoms. The predicted molar refractivity (Wildman–Crippen MR) is 92.7 cm³/mol. The van der Waals surface area contributed by atoms with Gasteiger partial charge < -0.3 is 20.4 Å². The topological polar surface area (TPSA) is 138 Å². The van der Waals surface area contributed by atoms with Gasteiger partial charge in [-0.05, 0) is 19.8 Å². The zero-order valence-electron chi connectivity index (χ0n) is 13.9. The number of amides is 1. The first-order valence-electron chi connectivity index (χ1n) is 8.16. The molecule has 2 aliphatic heterocycles. The molecular weight excluding hydrogens is 344 g/mol. The number of aliphatic hydroxyl groups excluding tert-OH is 1. The summed E-state index contributed by atoms with van der Waals surface area (Å²) in [4.78, 5) is 26.0. The van der Waals surface area contributed by atoms with E-state index in [1.54, 1.807) is 6.92 Å². The molecule has 4 atom stereocenters. The Labute approximate surface area is 150 Å². The fourth-order valence-corrected chi connectivity index (χ4v) is 4.76. The molecule has 0 radical (unpaired) electrons. The van der Waals surface area contributed by atoms with Gasteiger partial charge in [0.05, 0.1) is 30.5 Å². The van der Waals surface area contributed by atoms with Crippen molar-refractivity contribution in [1.82, 2.24) is 10.2 Å². The van der Waals surface area contributed by atoms with Gasteiger partial charge in [0, 0.05) is 29.5 Å². The van der Waals surface area contributed by atoms with Crippen LogP contribution in [0.3, 0.4) is 0 Å². The lowest BCUT2D eigenvalue weighted by Crippen LogP contribution is -2.63. The maximum atomic E-state index is 12.4. The standard InChI is InChI=1S/C16H22N4O4S/c1-9(21)11-12-10(4-2-6-19-8-18)14(25-7-3-5-17)13(16(23)24)20(12)15(11)22/h8-12,21H,2-4,6-7H2,1H3,(H2,18,19)(H,23,24)/t9-,10-,11-,12-/m1/s1. The Balaban J connectivity index is 2.27. The van der Waals surface area contributed by atoms with E-state index in [1.807, 2.05) is 6.07 Å². The minimum atomic E-state index is -1.15. The molecule has 1 fully saturated rings. The van der Waals surface area contributed by atoms with Crippen molar-refractivity contribution in [3.63, 3.8) is 0 Å². The Bertz CT molecular complexity index is 628. The summed E-state index contributed by atoms with van der Waals surface area (Å²) in [5, 5.41) is 38.0. The van der Waals surface area contributed by atoms with E-state index in [4.69, 9.17) is 10.7 Å². The normalized spacial score (nSPS) is 25.9. The lowest BCUT2D eigenvalue weighted by molar-refractivity contribution is -0.163. The molecule has 0 aliphatic carbocycles. The highest BCUT2D eigenvalue weighted by atomic mass is 32.2. The maximum Gasteiger partial charge on any atom is 0.353 e. The lowest BCUT2D eigenvalue weighted by atomic mass is 9.77. The number of rotatable bonds is 10. The van der Waals surface area contributed by atoms with E-state index >= 15 is 0 Å². The van der Waals surface area contributed by atoms with Crippen molar-refractivity contribution < 1.29 is 19.8 Å². The van der Waals surface area contributed by atoms with E-state index in [0.29, 0.717) is 36.5 Å². The molecule has 1 amide bonds. The first-order valence-corrected chi connectivity index (χ1v) is 9.14. The number of aliphatic hydroxyl groups is 1. The molecule has 4 N–H and O–H groups in total. The largest absolute Gasteiger partial charge is 0.477 e. The van der Waals surface area contributed by atoms with Gasteiger partial charge in [-0.15, -0.1) is 11.8 Å². The minimum Gasteiger partial charge on any atom is -0.477 e. The second-order valence-electron chi connectivity index (χ2n) is 6.09. The smallest absolute Gasteiger partial charge is 0.353 e. The number of nitrogens with zero attached hydrogens (tertiary/aromatic N) is 2. The molecule has 0 aromatic heterocycles. The van der Waals surface area contributed by atoms with Gasteiger partial charge in [-0.25, -0.2) is 4.79 Å². The van der Waals surface area contributed by atoms with Gasteiger partial charge in [-0.3, -0.25) is 10.2 Å². The van der Waals surface area contributed by atoms with Gasteiger partial charge in [0.25, 0.3) is 0 Å². The molecule has 0 saturated carbocycles.